The predicted molar refractivity (Wildman–Crippen MR) is 103 cm³/mol. The molecule has 0 aromatic heterocycles. The van der Waals surface area contributed by atoms with Crippen LogP contribution in [0.2, 0.25) is 0 Å². The molecule has 2 aromatic rings. The Morgan fingerprint density at radius 3 is 2.37 bits per heavy atom. The van der Waals surface area contributed by atoms with E-state index in [1.165, 1.54) is 6.07 Å². The number of methoxy groups -OCH3 is 2. The molecule has 1 aliphatic rings. The molecular formula is C21H25FN2O3. The van der Waals surface area contributed by atoms with Gasteiger partial charge in [0.1, 0.15) is 5.82 Å². The number of hydrogen-bond acceptors (Lipinski definition) is 4. The lowest BCUT2D eigenvalue weighted by Gasteiger charge is -2.36. The zero-order chi connectivity index (χ0) is 19.2. The number of rotatable bonds is 6. The number of ether oxygens (including phenoxy) is 2. The average molecular weight is 372 g/mol. The molecule has 1 saturated heterocycles. The lowest BCUT2D eigenvalue weighted by molar-refractivity contribution is -0.131. The molecule has 1 heterocycles. The Balaban J connectivity index is 1.52. The molecule has 2 aromatic carbocycles. The standard InChI is InChI=1S/C21H25FN2O3/c1-26-19-9-7-16(15-20(19)27-2)8-10-21(25)24-13-11-23(12-14-24)18-6-4-3-5-17(18)22/h3-7,9,15H,8,10-14H2,1-2H3. The van der Waals surface area contributed by atoms with Gasteiger partial charge in [-0.25, -0.2) is 4.39 Å². The van der Waals surface area contributed by atoms with Gasteiger partial charge in [-0.3, -0.25) is 4.79 Å². The molecule has 1 fully saturated rings. The fraction of sp³-hybridized carbons (Fsp3) is 0.381. The summed E-state index contributed by atoms with van der Waals surface area (Å²) in [7, 11) is 3.20. The van der Waals surface area contributed by atoms with E-state index in [2.05, 4.69) is 0 Å². The van der Waals surface area contributed by atoms with Gasteiger partial charge in [0.15, 0.2) is 11.5 Å². The van der Waals surface area contributed by atoms with Crippen molar-refractivity contribution in [1.29, 1.82) is 0 Å². The fourth-order valence-corrected chi connectivity index (χ4v) is 3.35. The van der Waals surface area contributed by atoms with Crippen molar-refractivity contribution >= 4 is 11.6 Å². The van der Waals surface area contributed by atoms with Crippen LogP contribution < -0.4 is 14.4 Å². The summed E-state index contributed by atoms with van der Waals surface area (Å²) in [5.74, 6) is 1.25. The lowest BCUT2D eigenvalue weighted by Crippen LogP contribution is -2.49. The van der Waals surface area contributed by atoms with E-state index in [0.717, 1.165) is 5.56 Å². The van der Waals surface area contributed by atoms with E-state index in [1.54, 1.807) is 26.4 Å². The molecule has 0 atom stereocenters. The molecule has 0 N–H and O–H groups in total. The quantitative estimate of drug-likeness (QED) is 0.781. The number of amides is 1. The molecule has 3 rings (SSSR count). The molecule has 0 spiro atoms. The first-order valence-corrected chi connectivity index (χ1v) is 9.10. The zero-order valence-electron chi connectivity index (χ0n) is 15.8. The Labute approximate surface area is 159 Å². The Morgan fingerprint density at radius 2 is 1.70 bits per heavy atom. The third kappa shape index (κ3) is 4.51. The van der Waals surface area contributed by atoms with Crippen LogP contribution in [0.1, 0.15) is 12.0 Å². The number of aryl methyl sites for hydroxylation is 1. The number of anilines is 1. The Hall–Kier alpha value is -2.76. The second kappa shape index (κ2) is 8.75. The van der Waals surface area contributed by atoms with Gasteiger partial charge < -0.3 is 19.3 Å². The molecule has 27 heavy (non-hydrogen) atoms. The van der Waals surface area contributed by atoms with Gasteiger partial charge in [-0.1, -0.05) is 18.2 Å². The highest BCUT2D eigenvalue weighted by Gasteiger charge is 2.22. The number of carbonyl (C=O) groups excluding carboxylic acids is 1. The van der Waals surface area contributed by atoms with E-state index in [9.17, 15) is 9.18 Å². The number of para-hydroxylation sites is 1. The van der Waals surface area contributed by atoms with Crippen LogP contribution in [-0.2, 0) is 11.2 Å². The summed E-state index contributed by atoms with van der Waals surface area (Å²) in [6.07, 6.45) is 1.09. The highest BCUT2D eigenvalue weighted by molar-refractivity contribution is 5.77. The van der Waals surface area contributed by atoms with Gasteiger partial charge in [-0.05, 0) is 36.2 Å². The summed E-state index contributed by atoms with van der Waals surface area (Å²) in [5, 5.41) is 0. The number of benzene rings is 2. The van der Waals surface area contributed by atoms with Crippen molar-refractivity contribution in [3.8, 4) is 11.5 Å². The molecule has 5 nitrogen and oxygen atoms in total. The van der Waals surface area contributed by atoms with Gasteiger partial charge in [0, 0.05) is 32.6 Å². The summed E-state index contributed by atoms with van der Waals surface area (Å²) in [4.78, 5) is 16.4. The van der Waals surface area contributed by atoms with Gasteiger partial charge >= 0.3 is 0 Å². The maximum absolute atomic E-state index is 13.9. The topological polar surface area (TPSA) is 42.0 Å². The Bertz CT molecular complexity index is 789. The molecule has 0 unspecified atom stereocenters. The average Bonchev–Trinajstić information content (AvgIpc) is 2.72. The lowest BCUT2D eigenvalue weighted by atomic mass is 10.1. The first kappa shape index (κ1) is 19.0. The third-order valence-corrected chi connectivity index (χ3v) is 4.90. The largest absolute Gasteiger partial charge is 0.493 e. The predicted octanol–water partition coefficient (Wildman–Crippen LogP) is 3.12. The summed E-state index contributed by atoms with van der Waals surface area (Å²) in [5.41, 5.74) is 1.64. The highest BCUT2D eigenvalue weighted by atomic mass is 19.1. The zero-order valence-corrected chi connectivity index (χ0v) is 15.8. The molecule has 0 radical (unpaired) electrons. The van der Waals surface area contributed by atoms with E-state index in [-0.39, 0.29) is 11.7 Å². The molecule has 1 amide bonds. The fourth-order valence-electron chi connectivity index (χ4n) is 3.35. The molecule has 0 saturated carbocycles. The Morgan fingerprint density at radius 1 is 1.00 bits per heavy atom. The summed E-state index contributed by atoms with van der Waals surface area (Å²) < 4.78 is 24.5. The van der Waals surface area contributed by atoms with Crippen molar-refractivity contribution in [3.63, 3.8) is 0 Å². The second-order valence-electron chi connectivity index (χ2n) is 6.51. The molecule has 144 valence electrons. The normalized spacial score (nSPS) is 14.2. The first-order chi connectivity index (χ1) is 13.1. The number of nitrogens with zero attached hydrogens (tertiary/aromatic N) is 2. The molecule has 0 bridgehead atoms. The number of piperazine rings is 1. The third-order valence-electron chi connectivity index (χ3n) is 4.90. The highest BCUT2D eigenvalue weighted by Crippen LogP contribution is 2.28. The van der Waals surface area contributed by atoms with Crippen molar-refractivity contribution in [1.82, 2.24) is 4.90 Å². The first-order valence-electron chi connectivity index (χ1n) is 9.10. The summed E-state index contributed by atoms with van der Waals surface area (Å²) in [6.45, 7) is 2.50. The van der Waals surface area contributed by atoms with Crippen LogP contribution in [0, 0.1) is 5.82 Å². The number of carbonyl (C=O) groups is 1. The van der Waals surface area contributed by atoms with Gasteiger partial charge in [0.25, 0.3) is 0 Å². The van der Waals surface area contributed by atoms with E-state index >= 15 is 0 Å². The van der Waals surface area contributed by atoms with E-state index in [1.807, 2.05) is 34.1 Å². The van der Waals surface area contributed by atoms with E-state index in [0.29, 0.717) is 56.2 Å². The summed E-state index contributed by atoms with van der Waals surface area (Å²) in [6, 6.07) is 12.5. The van der Waals surface area contributed by atoms with E-state index in [4.69, 9.17) is 9.47 Å². The van der Waals surface area contributed by atoms with Crippen LogP contribution in [0.25, 0.3) is 0 Å². The van der Waals surface area contributed by atoms with Crippen LogP contribution in [-0.4, -0.2) is 51.2 Å². The number of halogens is 1. The van der Waals surface area contributed by atoms with Crippen LogP contribution in [0.5, 0.6) is 11.5 Å². The summed E-state index contributed by atoms with van der Waals surface area (Å²) >= 11 is 0. The van der Waals surface area contributed by atoms with Gasteiger partial charge in [0.2, 0.25) is 5.91 Å². The van der Waals surface area contributed by atoms with Crippen molar-refractivity contribution < 1.29 is 18.7 Å². The number of hydrogen-bond donors (Lipinski definition) is 0. The van der Waals surface area contributed by atoms with Crippen LogP contribution in [0.3, 0.4) is 0 Å². The van der Waals surface area contributed by atoms with Gasteiger partial charge in [-0.2, -0.15) is 0 Å². The second-order valence-corrected chi connectivity index (χ2v) is 6.51. The SMILES string of the molecule is COc1ccc(CCC(=O)N2CCN(c3ccccc3F)CC2)cc1OC. The molecule has 0 aliphatic carbocycles. The van der Waals surface area contributed by atoms with Crippen LogP contribution in [0.4, 0.5) is 10.1 Å². The molecule has 1 aliphatic heterocycles. The minimum Gasteiger partial charge on any atom is -0.493 e. The van der Waals surface area contributed by atoms with Gasteiger partial charge in [-0.15, -0.1) is 0 Å². The minimum atomic E-state index is -0.217. The van der Waals surface area contributed by atoms with Crippen molar-refractivity contribution in [3.05, 3.63) is 53.8 Å². The van der Waals surface area contributed by atoms with Crippen molar-refractivity contribution in [2.24, 2.45) is 0 Å². The van der Waals surface area contributed by atoms with Crippen LogP contribution >= 0.6 is 0 Å². The van der Waals surface area contributed by atoms with Crippen molar-refractivity contribution in [2.75, 3.05) is 45.3 Å². The van der Waals surface area contributed by atoms with Crippen molar-refractivity contribution in [2.45, 2.75) is 12.8 Å². The molecule has 6 heteroatoms. The molecular weight excluding hydrogens is 347 g/mol. The maximum Gasteiger partial charge on any atom is 0.223 e. The Kier molecular flexibility index (Phi) is 6.16. The monoisotopic (exact) mass is 372 g/mol. The van der Waals surface area contributed by atoms with Gasteiger partial charge in [0.05, 0.1) is 19.9 Å². The maximum atomic E-state index is 13.9. The van der Waals surface area contributed by atoms with E-state index < -0.39 is 0 Å². The minimum absolute atomic E-state index is 0.123. The van der Waals surface area contributed by atoms with Crippen LogP contribution in [0.15, 0.2) is 42.5 Å². The smallest absolute Gasteiger partial charge is 0.223 e.